The van der Waals surface area contributed by atoms with Crippen molar-refractivity contribution < 1.29 is 0 Å². The van der Waals surface area contributed by atoms with E-state index in [0.717, 1.165) is 48.7 Å². The largest absolute Gasteiger partial charge is 0.357 e. The average molecular weight is 409 g/mol. The maximum atomic E-state index is 4.77. The number of aliphatic imine (C=N–C) groups is 1. The molecule has 0 aliphatic rings. The molecule has 0 fully saturated rings. The monoisotopic (exact) mass is 408 g/mol. The molecular formula is C18H29BrN6. The minimum absolute atomic E-state index is 0.780. The first-order chi connectivity index (χ1) is 11.9. The van der Waals surface area contributed by atoms with E-state index in [-0.39, 0.29) is 0 Å². The molecule has 0 atom stereocenters. The van der Waals surface area contributed by atoms with Gasteiger partial charge in [-0.15, -0.1) is 0 Å². The van der Waals surface area contributed by atoms with Crippen LogP contribution in [0.5, 0.6) is 0 Å². The first-order valence-corrected chi connectivity index (χ1v) is 9.51. The number of aromatic nitrogens is 3. The van der Waals surface area contributed by atoms with E-state index >= 15 is 0 Å². The Morgan fingerprint density at radius 2 is 2.12 bits per heavy atom. The van der Waals surface area contributed by atoms with E-state index in [1.54, 1.807) is 0 Å². The number of nitrogens with zero attached hydrogens (tertiary/aromatic N) is 5. The summed E-state index contributed by atoms with van der Waals surface area (Å²) in [6.07, 6.45) is 3.04. The van der Waals surface area contributed by atoms with Gasteiger partial charge in [-0.3, -0.25) is 9.67 Å². The number of hydrogen-bond donors (Lipinski definition) is 1. The Morgan fingerprint density at radius 3 is 2.68 bits per heavy atom. The van der Waals surface area contributed by atoms with Crippen LogP contribution in [0.4, 0.5) is 0 Å². The second-order valence-electron chi connectivity index (χ2n) is 6.36. The van der Waals surface area contributed by atoms with Gasteiger partial charge in [-0.05, 0) is 55.3 Å². The highest BCUT2D eigenvalue weighted by molar-refractivity contribution is 9.10. The summed E-state index contributed by atoms with van der Waals surface area (Å²) in [5.74, 6) is 0.938. The third kappa shape index (κ3) is 5.63. The van der Waals surface area contributed by atoms with Crippen LogP contribution < -0.4 is 5.32 Å². The smallest absolute Gasteiger partial charge is 0.194 e. The van der Waals surface area contributed by atoms with Gasteiger partial charge in [-0.2, -0.15) is 5.10 Å². The van der Waals surface area contributed by atoms with Crippen LogP contribution in [0.15, 0.2) is 27.8 Å². The molecule has 0 bridgehead atoms. The second kappa shape index (κ2) is 9.08. The Morgan fingerprint density at radius 1 is 1.36 bits per heavy atom. The van der Waals surface area contributed by atoms with Gasteiger partial charge >= 0.3 is 0 Å². The summed E-state index contributed by atoms with van der Waals surface area (Å²) in [7, 11) is 4.13. The summed E-state index contributed by atoms with van der Waals surface area (Å²) < 4.78 is 5.29. The van der Waals surface area contributed by atoms with Gasteiger partial charge in [0, 0.05) is 55.8 Å². The summed E-state index contributed by atoms with van der Waals surface area (Å²) in [5, 5.41) is 7.88. The predicted octanol–water partition coefficient (Wildman–Crippen LogP) is 3.09. The van der Waals surface area contributed by atoms with E-state index in [2.05, 4.69) is 86.8 Å². The fourth-order valence-electron chi connectivity index (χ4n) is 2.82. The van der Waals surface area contributed by atoms with Crippen molar-refractivity contribution in [1.29, 1.82) is 0 Å². The Bertz CT molecular complexity index is 715. The molecule has 138 valence electrons. The van der Waals surface area contributed by atoms with Crippen molar-refractivity contribution in [1.82, 2.24) is 24.6 Å². The molecule has 0 aromatic carbocycles. The van der Waals surface area contributed by atoms with Gasteiger partial charge in [0.2, 0.25) is 0 Å². The molecular weight excluding hydrogens is 380 g/mol. The van der Waals surface area contributed by atoms with Gasteiger partial charge in [-0.1, -0.05) is 0 Å². The zero-order chi connectivity index (χ0) is 18.4. The SMILES string of the molecule is CCNC(=NCCCn1nc(C)cc1C)N(C)Cc1cc(Br)cn1C. The lowest BCUT2D eigenvalue weighted by molar-refractivity contribution is 0.460. The van der Waals surface area contributed by atoms with E-state index in [4.69, 9.17) is 4.99 Å². The molecule has 7 heteroatoms. The molecule has 0 amide bonds. The number of aryl methyl sites for hydroxylation is 4. The molecule has 0 unspecified atom stereocenters. The summed E-state index contributed by atoms with van der Waals surface area (Å²) in [4.78, 5) is 6.93. The lowest BCUT2D eigenvalue weighted by Crippen LogP contribution is -2.39. The van der Waals surface area contributed by atoms with Crippen molar-refractivity contribution in [3.05, 3.63) is 39.9 Å². The minimum Gasteiger partial charge on any atom is -0.357 e. The summed E-state index contributed by atoms with van der Waals surface area (Å²) in [5.41, 5.74) is 3.52. The highest BCUT2D eigenvalue weighted by atomic mass is 79.9. The van der Waals surface area contributed by atoms with Crippen molar-refractivity contribution >= 4 is 21.9 Å². The van der Waals surface area contributed by atoms with Crippen molar-refractivity contribution in [2.45, 2.75) is 40.3 Å². The van der Waals surface area contributed by atoms with E-state index in [1.165, 1.54) is 11.4 Å². The van der Waals surface area contributed by atoms with E-state index in [1.807, 2.05) is 6.92 Å². The molecule has 1 N–H and O–H groups in total. The lowest BCUT2D eigenvalue weighted by Gasteiger charge is -2.22. The third-order valence-electron chi connectivity index (χ3n) is 4.06. The number of rotatable bonds is 7. The first-order valence-electron chi connectivity index (χ1n) is 8.72. The first kappa shape index (κ1) is 19.6. The van der Waals surface area contributed by atoms with E-state index < -0.39 is 0 Å². The molecule has 0 aliphatic heterocycles. The van der Waals surface area contributed by atoms with Gasteiger partial charge in [0.1, 0.15) is 0 Å². The molecule has 2 aromatic rings. The number of hydrogen-bond acceptors (Lipinski definition) is 2. The van der Waals surface area contributed by atoms with E-state index in [0.29, 0.717) is 0 Å². The predicted molar refractivity (Wildman–Crippen MR) is 107 cm³/mol. The van der Waals surface area contributed by atoms with Crippen molar-refractivity contribution in [2.24, 2.45) is 12.0 Å². The molecule has 25 heavy (non-hydrogen) atoms. The van der Waals surface area contributed by atoms with Crippen LogP contribution in [-0.2, 0) is 20.1 Å². The fourth-order valence-corrected chi connectivity index (χ4v) is 3.39. The van der Waals surface area contributed by atoms with E-state index in [9.17, 15) is 0 Å². The summed E-state index contributed by atoms with van der Waals surface area (Å²) in [6, 6.07) is 4.25. The molecule has 0 saturated carbocycles. The summed E-state index contributed by atoms with van der Waals surface area (Å²) >= 11 is 3.53. The quantitative estimate of drug-likeness (QED) is 0.435. The van der Waals surface area contributed by atoms with Gasteiger partial charge in [0.25, 0.3) is 0 Å². The maximum Gasteiger partial charge on any atom is 0.194 e. The van der Waals surface area contributed by atoms with Crippen LogP contribution in [-0.4, -0.2) is 45.3 Å². The normalized spacial score (nSPS) is 11.8. The molecule has 0 saturated heterocycles. The van der Waals surface area contributed by atoms with Crippen LogP contribution in [0.25, 0.3) is 0 Å². The van der Waals surface area contributed by atoms with Gasteiger partial charge in [-0.25, -0.2) is 0 Å². The molecule has 2 rings (SSSR count). The summed E-state index contributed by atoms with van der Waals surface area (Å²) in [6.45, 7) is 9.57. The fraction of sp³-hybridized carbons (Fsp3) is 0.556. The van der Waals surface area contributed by atoms with Crippen LogP contribution in [0.1, 0.15) is 30.4 Å². The van der Waals surface area contributed by atoms with Crippen molar-refractivity contribution in [3.8, 4) is 0 Å². The highest BCUT2D eigenvalue weighted by Crippen LogP contribution is 2.15. The topological polar surface area (TPSA) is 50.4 Å². The van der Waals surface area contributed by atoms with Gasteiger partial charge < -0.3 is 14.8 Å². The zero-order valence-corrected chi connectivity index (χ0v) is 17.5. The highest BCUT2D eigenvalue weighted by Gasteiger charge is 2.09. The van der Waals surface area contributed by atoms with Crippen LogP contribution in [0.2, 0.25) is 0 Å². The lowest BCUT2D eigenvalue weighted by atomic mass is 10.4. The number of halogens is 1. The van der Waals surface area contributed by atoms with Crippen molar-refractivity contribution in [2.75, 3.05) is 20.1 Å². The Labute approximate surface area is 159 Å². The Balaban J connectivity index is 1.92. The standard InChI is InChI=1S/C18H29BrN6/c1-6-20-18(24(5)13-17-11-16(19)12-23(17)4)21-8-7-9-25-15(3)10-14(2)22-25/h10-12H,6-9,13H2,1-5H3,(H,20,21). The Kier molecular flexibility index (Phi) is 7.11. The molecule has 0 aliphatic carbocycles. The average Bonchev–Trinajstić information content (AvgIpc) is 3.03. The number of guanidine groups is 1. The number of nitrogens with one attached hydrogen (secondary N) is 1. The molecule has 6 nitrogen and oxygen atoms in total. The van der Waals surface area contributed by atoms with Gasteiger partial charge in [0.05, 0.1) is 12.2 Å². The molecule has 2 heterocycles. The zero-order valence-electron chi connectivity index (χ0n) is 15.9. The Hall–Kier alpha value is -1.76. The molecule has 2 aromatic heterocycles. The van der Waals surface area contributed by atoms with Crippen molar-refractivity contribution in [3.63, 3.8) is 0 Å². The molecule has 0 radical (unpaired) electrons. The minimum atomic E-state index is 0.780. The molecule has 0 spiro atoms. The van der Waals surface area contributed by atoms with Crippen LogP contribution in [0.3, 0.4) is 0 Å². The maximum absolute atomic E-state index is 4.77. The van der Waals surface area contributed by atoms with Crippen LogP contribution >= 0.6 is 15.9 Å². The second-order valence-corrected chi connectivity index (χ2v) is 7.27. The third-order valence-corrected chi connectivity index (χ3v) is 4.50. The van der Waals surface area contributed by atoms with Crippen LogP contribution in [0, 0.1) is 13.8 Å². The van der Waals surface area contributed by atoms with Gasteiger partial charge in [0.15, 0.2) is 5.96 Å².